The Balaban J connectivity index is 2.47. The maximum atomic E-state index is 3.78. The fraction of sp³-hybridized carbons (Fsp3) is 0.800. The van der Waals surface area contributed by atoms with Gasteiger partial charge in [-0.25, -0.2) is 0 Å². The van der Waals surface area contributed by atoms with Crippen molar-refractivity contribution in [2.24, 2.45) is 0 Å². The van der Waals surface area contributed by atoms with E-state index < -0.39 is 0 Å². The number of rotatable bonds is 2. The van der Waals surface area contributed by atoms with E-state index in [4.69, 9.17) is 0 Å². The predicted molar refractivity (Wildman–Crippen MR) is 49.7 cm³/mol. The van der Waals surface area contributed by atoms with E-state index in [2.05, 4.69) is 25.3 Å². The second-order valence-electron chi connectivity index (χ2n) is 3.61. The van der Waals surface area contributed by atoms with Crippen molar-refractivity contribution < 1.29 is 0 Å². The van der Waals surface area contributed by atoms with E-state index >= 15 is 0 Å². The van der Waals surface area contributed by atoms with Crippen molar-refractivity contribution in [2.45, 2.75) is 45.2 Å². The summed E-state index contributed by atoms with van der Waals surface area (Å²) in [5.74, 6) is 0. The third-order valence-electron chi connectivity index (χ3n) is 2.72. The van der Waals surface area contributed by atoms with Gasteiger partial charge in [0.05, 0.1) is 0 Å². The first-order valence-electron chi connectivity index (χ1n) is 4.62. The average Bonchev–Trinajstić information content (AvgIpc) is 1.97. The molecule has 0 spiro atoms. The molecule has 1 fully saturated rings. The molecule has 11 heavy (non-hydrogen) atoms. The zero-order valence-electron chi connectivity index (χ0n) is 7.71. The van der Waals surface area contributed by atoms with Gasteiger partial charge in [-0.2, -0.15) is 0 Å². The van der Waals surface area contributed by atoms with Gasteiger partial charge in [0.2, 0.25) is 0 Å². The molecule has 64 valence electrons. The first kappa shape index (κ1) is 8.79. The van der Waals surface area contributed by atoms with E-state index in [9.17, 15) is 0 Å². The van der Waals surface area contributed by atoms with E-state index in [1.807, 2.05) is 6.08 Å². The van der Waals surface area contributed by atoms with Crippen LogP contribution < -0.4 is 0 Å². The summed E-state index contributed by atoms with van der Waals surface area (Å²) in [6.45, 7) is 9.48. The molecule has 0 aromatic carbocycles. The predicted octanol–water partition coefficient (Wildman–Crippen LogP) is 2.44. The Bertz CT molecular complexity index is 121. The summed E-state index contributed by atoms with van der Waals surface area (Å²) in [5, 5.41) is 0. The second-order valence-corrected chi connectivity index (χ2v) is 3.61. The molecule has 1 aliphatic rings. The third-order valence-corrected chi connectivity index (χ3v) is 2.72. The maximum absolute atomic E-state index is 3.78. The van der Waals surface area contributed by atoms with Crippen LogP contribution in [0.5, 0.6) is 0 Å². The lowest BCUT2D eigenvalue weighted by Crippen LogP contribution is -2.43. The SMILES string of the molecule is C=CCN1C(C)CCCC1C. The van der Waals surface area contributed by atoms with E-state index in [1.165, 1.54) is 19.3 Å². The molecule has 2 unspecified atom stereocenters. The summed E-state index contributed by atoms with van der Waals surface area (Å²) in [6.07, 6.45) is 6.13. The van der Waals surface area contributed by atoms with Gasteiger partial charge in [-0.1, -0.05) is 12.5 Å². The Morgan fingerprint density at radius 2 is 1.91 bits per heavy atom. The lowest BCUT2D eigenvalue weighted by molar-refractivity contribution is 0.119. The zero-order chi connectivity index (χ0) is 8.27. The molecule has 0 N–H and O–H groups in total. The van der Waals surface area contributed by atoms with Crippen molar-refractivity contribution in [3.63, 3.8) is 0 Å². The molecular weight excluding hydrogens is 134 g/mol. The van der Waals surface area contributed by atoms with Crippen LogP contribution >= 0.6 is 0 Å². The number of hydrogen-bond acceptors (Lipinski definition) is 1. The monoisotopic (exact) mass is 153 g/mol. The Kier molecular flexibility index (Phi) is 3.13. The molecule has 0 aromatic heterocycles. The molecular formula is C10H19N. The molecule has 0 amide bonds. The molecule has 2 atom stereocenters. The summed E-state index contributed by atoms with van der Waals surface area (Å²) in [5.41, 5.74) is 0. The second kappa shape index (κ2) is 3.91. The summed E-state index contributed by atoms with van der Waals surface area (Å²) in [6, 6.07) is 1.52. The standard InChI is InChI=1S/C10H19N/c1-4-8-11-9(2)6-5-7-10(11)3/h4,9-10H,1,5-8H2,2-3H3. The Labute approximate surface area is 70.1 Å². The van der Waals surface area contributed by atoms with Crippen molar-refractivity contribution in [3.8, 4) is 0 Å². The topological polar surface area (TPSA) is 3.24 Å². The molecule has 0 radical (unpaired) electrons. The highest BCUT2D eigenvalue weighted by molar-refractivity contribution is 4.84. The van der Waals surface area contributed by atoms with Crippen LogP contribution in [0, 0.1) is 0 Å². The van der Waals surface area contributed by atoms with E-state index in [0.29, 0.717) is 0 Å². The molecule has 0 aliphatic carbocycles. The van der Waals surface area contributed by atoms with Crippen molar-refractivity contribution in [1.82, 2.24) is 4.90 Å². The van der Waals surface area contributed by atoms with Gasteiger partial charge in [0.15, 0.2) is 0 Å². The molecule has 0 aromatic rings. The smallest absolute Gasteiger partial charge is 0.0166 e. The number of nitrogens with zero attached hydrogens (tertiary/aromatic N) is 1. The highest BCUT2D eigenvalue weighted by atomic mass is 15.2. The van der Waals surface area contributed by atoms with Crippen LogP contribution in [0.2, 0.25) is 0 Å². The fourth-order valence-electron chi connectivity index (χ4n) is 1.98. The number of likely N-dealkylation sites (tertiary alicyclic amines) is 1. The highest BCUT2D eigenvalue weighted by Crippen LogP contribution is 2.21. The lowest BCUT2D eigenvalue weighted by Gasteiger charge is -2.38. The summed E-state index contributed by atoms with van der Waals surface area (Å²) < 4.78 is 0. The van der Waals surface area contributed by atoms with Crippen LogP contribution in [-0.2, 0) is 0 Å². The minimum atomic E-state index is 0.761. The summed E-state index contributed by atoms with van der Waals surface area (Å²) in [4.78, 5) is 2.54. The Morgan fingerprint density at radius 3 is 2.36 bits per heavy atom. The number of piperidine rings is 1. The van der Waals surface area contributed by atoms with Crippen molar-refractivity contribution in [2.75, 3.05) is 6.54 Å². The van der Waals surface area contributed by atoms with Crippen molar-refractivity contribution in [3.05, 3.63) is 12.7 Å². The quantitative estimate of drug-likeness (QED) is 0.551. The third kappa shape index (κ3) is 2.06. The van der Waals surface area contributed by atoms with Gasteiger partial charge < -0.3 is 0 Å². The van der Waals surface area contributed by atoms with Crippen LogP contribution in [0.1, 0.15) is 33.1 Å². The molecule has 1 aliphatic heterocycles. The number of hydrogen-bond donors (Lipinski definition) is 0. The molecule has 0 saturated carbocycles. The largest absolute Gasteiger partial charge is 0.294 e. The first-order chi connectivity index (χ1) is 5.25. The van der Waals surface area contributed by atoms with Gasteiger partial charge >= 0.3 is 0 Å². The molecule has 1 saturated heterocycles. The fourth-order valence-corrected chi connectivity index (χ4v) is 1.98. The van der Waals surface area contributed by atoms with Gasteiger partial charge in [0.25, 0.3) is 0 Å². The minimum absolute atomic E-state index is 0.761. The molecule has 1 heteroatoms. The molecule has 1 rings (SSSR count). The van der Waals surface area contributed by atoms with Crippen LogP contribution in [0.4, 0.5) is 0 Å². The normalized spacial score (nSPS) is 33.6. The molecule has 1 heterocycles. The van der Waals surface area contributed by atoms with Crippen molar-refractivity contribution in [1.29, 1.82) is 0 Å². The van der Waals surface area contributed by atoms with Gasteiger partial charge in [0.1, 0.15) is 0 Å². The molecule has 0 bridgehead atoms. The van der Waals surface area contributed by atoms with E-state index in [-0.39, 0.29) is 0 Å². The minimum Gasteiger partial charge on any atom is -0.294 e. The maximum Gasteiger partial charge on any atom is 0.0166 e. The Hall–Kier alpha value is -0.300. The van der Waals surface area contributed by atoms with Gasteiger partial charge in [-0.15, -0.1) is 6.58 Å². The highest BCUT2D eigenvalue weighted by Gasteiger charge is 2.22. The first-order valence-corrected chi connectivity index (χ1v) is 4.62. The van der Waals surface area contributed by atoms with Crippen LogP contribution in [0.25, 0.3) is 0 Å². The van der Waals surface area contributed by atoms with E-state index in [1.54, 1.807) is 0 Å². The van der Waals surface area contributed by atoms with Gasteiger partial charge in [-0.05, 0) is 26.7 Å². The van der Waals surface area contributed by atoms with Gasteiger partial charge in [-0.3, -0.25) is 4.90 Å². The van der Waals surface area contributed by atoms with Crippen LogP contribution in [0.3, 0.4) is 0 Å². The lowest BCUT2D eigenvalue weighted by atomic mass is 9.98. The Morgan fingerprint density at radius 1 is 1.36 bits per heavy atom. The summed E-state index contributed by atoms with van der Waals surface area (Å²) in [7, 11) is 0. The van der Waals surface area contributed by atoms with Crippen molar-refractivity contribution >= 4 is 0 Å². The average molecular weight is 153 g/mol. The van der Waals surface area contributed by atoms with E-state index in [0.717, 1.165) is 18.6 Å². The van der Waals surface area contributed by atoms with Gasteiger partial charge in [0, 0.05) is 18.6 Å². The molecule has 1 nitrogen and oxygen atoms in total. The summed E-state index contributed by atoms with van der Waals surface area (Å²) >= 11 is 0. The van der Waals surface area contributed by atoms with Crippen LogP contribution in [0.15, 0.2) is 12.7 Å². The zero-order valence-corrected chi connectivity index (χ0v) is 7.71. The van der Waals surface area contributed by atoms with Crippen LogP contribution in [-0.4, -0.2) is 23.5 Å².